The number of esters is 2. The molecule has 12 heteroatoms. The van der Waals surface area contributed by atoms with E-state index in [1.165, 1.54) is 13.2 Å². The zero-order valence-corrected chi connectivity index (χ0v) is 25.7. The van der Waals surface area contributed by atoms with Gasteiger partial charge in [-0.15, -0.1) is 0 Å². The molecule has 1 N–H and O–H groups in total. The van der Waals surface area contributed by atoms with Crippen LogP contribution in [-0.2, 0) is 34.8 Å². The normalized spacial score (nSPS) is 26.9. The third-order valence-corrected chi connectivity index (χ3v) is 9.07. The molecule has 0 radical (unpaired) electrons. The number of halogens is 2. The number of ether oxygens (including phenoxy) is 3. The number of nitrogens with one attached hydrogen (secondary N) is 1. The first-order valence-electron chi connectivity index (χ1n) is 14.4. The predicted molar refractivity (Wildman–Crippen MR) is 150 cm³/mol. The second-order valence-electron chi connectivity index (χ2n) is 13.7. The number of hydrogen-bond donors (Lipinski definition) is 1. The van der Waals surface area contributed by atoms with E-state index in [1.54, 1.807) is 32.9 Å². The van der Waals surface area contributed by atoms with Crippen LogP contribution >= 0.6 is 0 Å². The fraction of sp³-hybridized carbons (Fsp3) is 0.700. The van der Waals surface area contributed by atoms with Crippen molar-refractivity contribution in [3.8, 4) is 5.75 Å². The van der Waals surface area contributed by atoms with Gasteiger partial charge in [0.15, 0.2) is 0 Å². The van der Waals surface area contributed by atoms with Crippen molar-refractivity contribution in [3.63, 3.8) is 0 Å². The zero-order valence-electron chi connectivity index (χ0n) is 25.7. The van der Waals surface area contributed by atoms with Crippen LogP contribution < -0.4 is 10.1 Å². The molecule has 232 valence electrons. The summed E-state index contributed by atoms with van der Waals surface area (Å²) >= 11 is 0. The number of carbonyl (C=O) groups is 3. The van der Waals surface area contributed by atoms with Gasteiger partial charge in [0.05, 0.1) is 36.6 Å². The maximum absolute atomic E-state index is 13.7. The molecular weight excluding hydrogens is 551 g/mol. The molecule has 2 bridgehead atoms. The van der Waals surface area contributed by atoms with E-state index in [2.05, 4.69) is 19.2 Å². The summed E-state index contributed by atoms with van der Waals surface area (Å²) in [5, 5.41) is 2.70. The molecule has 5 rings (SSSR count). The van der Waals surface area contributed by atoms with Gasteiger partial charge in [-0.1, -0.05) is 26.0 Å². The van der Waals surface area contributed by atoms with Gasteiger partial charge in [0, 0.05) is 0 Å². The first kappa shape index (κ1) is 32.2. The number of methoxy groups -OCH3 is 1. The highest BCUT2D eigenvalue weighted by atomic mass is 19.3. The Morgan fingerprint density at radius 2 is 1.81 bits per heavy atom. The second kappa shape index (κ2) is 11.4. The van der Waals surface area contributed by atoms with Crippen LogP contribution in [-0.4, -0.2) is 62.4 Å². The maximum Gasteiger partial charge on any atom is 0.482 e. The molecule has 1 aromatic rings. The molecule has 5 atom stereocenters. The van der Waals surface area contributed by atoms with Gasteiger partial charge < -0.3 is 28.8 Å². The highest BCUT2D eigenvalue weighted by Gasteiger charge is 2.68. The summed E-state index contributed by atoms with van der Waals surface area (Å²) in [7, 11) is 0.482. The Morgan fingerprint density at radius 1 is 1.12 bits per heavy atom. The Morgan fingerprint density at radius 3 is 2.40 bits per heavy atom. The van der Waals surface area contributed by atoms with E-state index >= 15 is 0 Å². The van der Waals surface area contributed by atoms with Crippen molar-refractivity contribution in [2.24, 2.45) is 22.7 Å². The predicted octanol–water partition coefficient (Wildman–Crippen LogP) is 4.74. The molecule has 1 saturated heterocycles. The molecule has 4 fully saturated rings. The average Bonchev–Trinajstić information content (AvgIpc) is 3.23. The molecule has 1 aromatic carbocycles. The monoisotopic (exact) mass is 593 g/mol. The molecule has 42 heavy (non-hydrogen) atoms. The molecule has 5 unspecified atom stereocenters. The average molecular weight is 593 g/mol. The highest BCUT2D eigenvalue weighted by Crippen LogP contribution is 2.65. The Kier molecular flexibility index (Phi) is 8.74. The third kappa shape index (κ3) is 6.44. The standard InChI is InChI=1S/C30H42BF2NO8/c1-27(2,3)26(37)40-16-39-25(36)19-11-9-10-17(24(19)38-8)12-22(34-23(35)15-29(6,32)33)31-41-21-14-18-13-20(28(18,4)5)30(21,7)42-31/h9-11,18,20-22H,12-16H2,1-8H3,(H,34,35). The summed E-state index contributed by atoms with van der Waals surface area (Å²) in [6, 6.07) is 4.81. The van der Waals surface area contributed by atoms with Crippen LogP contribution in [0.1, 0.15) is 83.7 Å². The molecule has 3 saturated carbocycles. The number of amides is 1. The molecule has 3 aliphatic carbocycles. The SMILES string of the molecule is COc1c(CC(NC(=O)CC(C)(F)F)B2OC3CC4CC(C4(C)C)C3(C)O2)cccc1C(=O)OCOC(=O)C(C)(C)C. The van der Waals surface area contributed by atoms with Crippen LogP contribution in [0.2, 0.25) is 0 Å². The van der Waals surface area contributed by atoms with Gasteiger partial charge in [0.25, 0.3) is 5.92 Å². The molecule has 0 aromatic heterocycles. The molecule has 1 aliphatic heterocycles. The van der Waals surface area contributed by atoms with E-state index in [0.29, 0.717) is 18.4 Å². The molecule has 4 aliphatic rings. The molecule has 1 heterocycles. The number of para-hydroxylation sites is 1. The largest absolute Gasteiger partial charge is 0.496 e. The Labute approximate surface area is 246 Å². The lowest BCUT2D eigenvalue weighted by Crippen LogP contribution is -2.65. The van der Waals surface area contributed by atoms with Gasteiger partial charge in [-0.05, 0) is 82.8 Å². The summed E-state index contributed by atoms with van der Waals surface area (Å²) < 4.78 is 56.1. The Hall–Kier alpha value is -2.73. The van der Waals surface area contributed by atoms with Crippen LogP contribution in [0.4, 0.5) is 8.78 Å². The minimum absolute atomic E-state index is 0.0648. The molecule has 9 nitrogen and oxygen atoms in total. The van der Waals surface area contributed by atoms with Crippen molar-refractivity contribution in [2.45, 2.75) is 97.7 Å². The lowest BCUT2D eigenvalue weighted by Gasteiger charge is -2.64. The van der Waals surface area contributed by atoms with Gasteiger partial charge in [-0.3, -0.25) is 9.59 Å². The van der Waals surface area contributed by atoms with Crippen molar-refractivity contribution >= 4 is 25.0 Å². The van der Waals surface area contributed by atoms with Crippen molar-refractivity contribution in [3.05, 3.63) is 29.3 Å². The van der Waals surface area contributed by atoms with Gasteiger partial charge in [-0.2, -0.15) is 0 Å². The van der Waals surface area contributed by atoms with Gasteiger partial charge in [0.1, 0.15) is 11.3 Å². The number of rotatable bonds is 10. The van der Waals surface area contributed by atoms with Crippen molar-refractivity contribution in [1.29, 1.82) is 0 Å². The van der Waals surface area contributed by atoms with Crippen LogP contribution in [0.3, 0.4) is 0 Å². The summed E-state index contributed by atoms with van der Waals surface area (Å²) in [4.78, 5) is 37.6. The van der Waals surface area contributed by atoms with E-state index in [-0.39, 0.29) is 35.2 Å². The zero-order chi connectivity index (χ0) is 31.3. The summed E-state index contributed by atoms with van der Waals surface area (Å²) in [6.07, 6.45) is 0.721. The number of alkyl halides is 2. The van der Waals surface area contributed by atoms with Crippen LogP contribution in [0.15, 0.2) is 18.2 Å². The van der Waals surface area contributed by atoms with Gasteiger partial charge in [0.2, 0.25) is 12.7 Å². The molecular formula is C30H42BF2NO8. The van der Waals surface area contributed by atoms with E-state index in [1.807, 2.05) is 6.92 Å². The number of carbonyl (C=O) groups excluding carboxylic acids is 3. The van der Waals surface area contributed by atoms with E-state index in [4.69, 9.17) is 23.5 Å². The quantitative estimate of drug-likeness (QED) is 0.236. The van der Waals surface area contributed by atoms with E-state index < -0.39 is 61.1 Å². The maximum atomic E-state index is 13.7. The van der Waals surface area contributed by atoms with Gasteiger partial charge >= 0.3 is 19.1 Å². The smallest absolute Gasteiger partial charge is 0.482 e. The lowest BCUT2D eigenvalue weighted by molar-refractivity contribution is -0.199. The topological polar surface area (TPSA) is 109 Å². The van der Waals surface area contributed by atoms with Gasteiger partial charge in [-0.25, -0.2) is 13.6 Å². The third-order valence-electron chi connectivity index (χ3n) is 9.07. The highest BCUT2D eigenvalue weighted by molar-refractivity contribution is 6.48. The summed E-state index contributed by atoms with van der Waals surface area (Å²) in [5.41, 5.74) is -0.681. The lowest BCUT2D eigenvalue weighted by atomic mass is 9.43. The Bertz CT molecular complexity index is 1210. The fourth-order valence-electron chi connectivity index (χ4n) is 6.64. The van der Waals surface area contributed by atoms with Crippen molar-refractivity contribution < 1.29 is 46.7 Å². The molecule has 0 spiro atoms. The van der Waals surface area contributed by atoms with Crippen LogP contribution in [0.5, 0.6) is 5.75 Å². The summed E-state index contributed by atoms with van der Waals surface area (Å²) in [5.74, 6) is -5.27. The minimum atomic E-state index is -3.20. The summed E-state index contributed by atoms with van der Waals surface area (Å²) in [6.45, 7) is 11.6. The first-order chi connectivity index (χ1) is 19.4. The fourth-order valence-corrected chi connectivity index (χ4v) is 6.64. The van der Waals surface area contributed by atoms with Crippen molar-refractivity contribution in [1.82, 2.24) is 5.32 Å². The Balaban J connectivity index is 1.55. The van der Waals surface area contributed by atoms with Crippen LogP contribution in [0.25, 0.3) is 0 Å². The number of hydrogen-bond acceptors (Lipinski definition) is 8. The minimum Gasteiger partial charge on any atom is -0.496 e. The van der Waals surface area contributed by atoms with Crippen LogP contribution in [0, 0.1) is 22.7 Å². The first-order valence-corrected chi connectivity index (χ1v) is 14.4. The molecule has 1 amide bonds. The van der Waals surface area contributed by atoms with E-state index in [9.17, 15) is 23.2 Å². The van der Waals surface area contributed by atoms with Crippen molar-refractivity contribution in [2.75, 3.05) is 13.9 Å². The number of benzene rings is 1. The van der Waals surface area contributed by atoms with E-state index in [0.717, 1.165) is 12.8 Å². The second-order valence-corrected chi connectivity index (χ2v) is 13.7.